The van der Waals surface area contributed by atoms with Crippen LogP contribution in [0.1, 0.15) is 12.1 Å². The summed E-state index contributed by atoms with van der Waals surface area (Å²) in [6, 6.07) is -0.356. The van der Waals surface area contributed by atoms with Crippen LogP contribution in [0.15, 0.2) is 12.5 Å². The number of amides is 2. The van der Waals surface area contributed by atoms with Gasteiger partial charge in [-0.2, -0.15) is 0 Å². The van der Waals surface area contributed by atoms with E-state index in [-0.39, 0.29) is 11.9 Å². The average Bonchev–Trinajstić information content (AvgIpc) is 2.83. The van der Waals surface area contributed by atoms with Crippen LogP contribution in [0.3, 0.4) is 0 Å². The first kappa shape index (κ1) is 9.70. The topological polar surface area (TPSA) is 78.1 Å². The summed E-state index contributed by atoms with van der Waals surface area (Å²) in [6.07, 6.45) is 4.51. The predicted octanol–water partition coefficient (Wildman–Crippen LogP) is -0.743. The molecule has 0 bridgehead atoms. The van der Waals surface area contributed by atoms with Crippen LogP contribution in [0.5, 0.6) is 0 Å². The van der Waals surface area contributed by atoms with Crippen LogP contribution >= 0.6 is 0 Å². The van der Waals surface area contributed by atoms with Gasteiger partial charge in [0.1, 0.15) is 6.04 Å². The third kappa shape index (κ3) is 1.98. The van der Waals surface area contributed by atoms with Gasteiger partial charge in [0.05, 0.1) is 18.6 Å². The molecule has 1 aromatic rings. The van der Waals surface area contributed by atoms with Gasteiger partial charge in [0.15, 0.2) is 0 Å². The fourth-order valence-electron chi connectivity index (χ4n) is 1.71. The maximum atomic E-state index is 11.7. The molecule has 1 aromatic heterocycles. The Balaban J connectivity index is 1.95. The number of aromatic amines is 1. The van der Waals surface area contributed by atoms with Gasteiger partial charge in [-0.3, -0.25) is 9.59 Å². The molecule has 6 heteroatoms. The normalized spacial score (nSPS) is 20.7. The van der Waals surface area contributed by atoms with Gasteiger partial charge in [-0.15, -0.1) is 0 Å². The first-order valence-corrected chi connectivity index (χ1v) is 4.77. The molecule has 0 spiro atoms. The number of imidazole rings is 1. The van der Waals surface area contributed by atoms with Crippen molar-refractivity contribution >= 4 is 12.3 Å². The summed E-state index contributed by atoms with van der Waals surface area (Å²) < 4.78 is 0. The maximum Gasteiger partial charge on any atom is 0.245 e. The number of rotatable bonds is 4. The highest BCUT2D eigenvalue weighted by Crippen LogP contribution is 2.13. The molecule has 2 amide bonds. The standard InChI is InChI=1S/C9H12N4O2/c14-6-12-8-1-2-13(9(8)15)4-7-3-10-5-11-7/h3,5-6,8H,1-2,4H2,(H,10,11)(H,12,14). The van der Waals surface area contributed by atoms with Crippen LogP contribution in [-0.4, -0.2) is 39.8 Å². The molecule has 0 radical (unpaired) electrons. The van der Waals surface area contributed by atoms with E-state index in [4.69, 9.17) is 0 Å². The summed E-state index contributed by atoms with van der Waals surface area (Å²) in [5.74, 6) is -0.0308. The first-order chi connectivity index (χ1) is 7.31. The minimum Gasteiger partial charge on any atom is -0.347 e. The lowest BCUT2D eigenvalue weighted by atomic mass is 10.2. The summed E-state index contributed by atoms with van der Waals surface area (Å²) in [5.41, 5.74) is 0.898. The number of hydrogen-bond donors (Lipinski definition) is 2. The Morgan fingerprint density at radius 1 is 1.73 bits per heavy atom. The van der Waals surface area contributed by atoms with Gasteiger partial charge in [-0.1, -0.05) is 0 Å². The van der Waals surface area contributed by atoms with E-state index < -0.39 is 0 Å². The van der Waals surface area contributed by atoms with Crippen LogP contribution in [0.4, 0.5) is 0 Å². The second-order valence-corrected chi connectivity index (χ2v) is 3.46. The van der Waals surface area contributed by atoms with Crippen molar-refractivity contribution in [3.05, 3.63) is 18.2 Å². The van der Waals surface area contributed by atoms with E-state index in [2.05, 4.69) is 15.3 Å². The largest absolute Gasteiger partial charge is 0.347 e. The first-order valence-electron chi connectivity index (χ1n) is 4.77. The predicted molar refractivity (Wildman–Crippen MR) is 51.6 cm³/mol. The van der Waals surface area contributed by atoms with E-state index in [0.29, 0.717) is 25.9 Å². The number of nitrogens with one attached hydrogen (secondary N) is 2. The van der Waals surface area contributed by atoms with Gasteiger partial charge in [0.2, 0.25) is 12.3 Å². The second kappa shape index (κ2) is 4.12. The summed E-state index contributed by atoms with van der Waals surface area (Å²) >= 11 is 0. The van der Waals surface area contributed by atoms with Gasteiger partial charge >= 0.3 is 0 Å². The van der Waals surface area contributed by atoms with Crippen molar-refractivity contribution in [1.82, 2.24) is 20.2 Å². The molecule has 2 rings (SSSR count). The van der Waals surface area contributed by atoms with Crippen molar-refractivity contribution in [1.29, 1.82) is 0 Å². The zero-order valence-electron chi connectivity index (χ0n) is 8.14. The van der Waals surface area contributed by atoms with Gasteiger partial charge in [0.25, 0.3) is 0 Å². The lowest BCUT2D eigenvalue weighted by Gasteiger charge is -2.14. The Bertz CT molecular complexity index is 349. The van der Waals surface area contributed by atoms with Gasteiger partial charge in [0, 0.05) is 12.7 Å². The van der Waals surface area contributed by atoms with E-state index in [1.165, 1.54) is 0 Å². The maximum absolute atomic E-state index is 11.7. The number of nitrogens with zero attached hydrogens (tertiary/aromatic N) is 2. The van der Waals surface area contributed by atoms with Gasteiger partial charge in [-0.05, 0) is 6.42 Å². The molecule has 1 saturated heterocycles. The smallest absolute Gasteiger partial charge is 0.245 e. The number of carbonyl (C=O) groups excluding carboxylic acids is 2. The molecule has 1 aliphatic heterocycles. The van der Waals surface area contributed by atoms with Crippen molar-refractivity contribution < 1.29 is 9.59 Å². The molecule has 80 valence electrons. The fourth-order valence-corrected chi connectivity index (χ4v) is 1.71. The Morgan fingerprint density at radius 2 is 2.60 bits per heavy atom. The number of hydrogen-bond acceptors (Lipinski definition) is 3. The lowest BCUT2D eigenvalue weighted by Crippen LogP contribution is -2.37. The molecule has 2 heterocycles. The summed E-state index contributed by atoms with van der Waals surface area (Å²) in [5, 5.41) is 2.51. The average molecular weight is 208 g/mol. The molecule has 15 heavy (non-hydrogen) atoms. The third-order valence-electron chi connectivity index (χ3n) is 2.48. The highest BCUT2D eigenvalue weighted by atomic mass is 16.2. The number of likely N-dealkylation sites (tertiary alicyclic amines) is 1. The molecular formula is C9H12N4O2. The summed E-state index contributed by atoms with van der Waals surface area (Å²) in [6.45, 7) is 1.19. The molecule has 6 nitrogen and oxygen atoms in total. The number of H-pyrrole nitrogens is 1. The molecule has 1 unspecified atom stereocenters. The molecule has 1 fully saturated rings. The van der Waals surface area contributed by atoms with Gasteiger partial charge in [-0.25, -0.2) is 4.98 Å². The molecule has 0 aliphatic carbocycles. The van der Waals surface area contributed by atoms with Crippen molar-refractivity contribution in [2.75, 3.05) is 6.54 Å². The third-order valence-corrected chi connectivity index (χ3v) is 2.48. The van der Waals surface area contributed by atoms with E-state index in [0.717, 1.165) is 5.69 Å². The zero-order chi connectivity index (χ0) is 10.7. The molecular weight excluding hydrogens is 196 g/mol. The lowest BCUT2D eigenvalue weighted by molar-refractivity contribution is -0.131. The zero-order valence-corrected chi connectivity index (χ0v) is 8.14. The van der Waals surface area contributed by atoms with E-state index in [1.54, 1.807) is 17.4 Å². The minimum atomic E-state index is -0.356. The monoisotopic (exact) mass is 208 g/mol. The molecule has 2 N–H and O–H groups in total. The van der Waals surface area contributed by atoms with Crippen molar-refractivity contribution in [3.8, 4) is 0 Å². The van der Waals surface area contributed by atoms with Crippen LogP contribution < -0.4 is 5.32 Å². The highest BCUT2D eigenvalue weighted by Gasteiger charge is 2.31. The SMILES string of the molecule is O=CNC1CCN(Cc2cnc[nH]2)C1=O. The Kier molecular flexibility index (Phi) is 2.66. The van der Waals surface area contributed by atoms with E-state index >= 15 is 0 Å². The van der Waals surface area contributed by atoms with E-state index in [9.17, 15) is 9.59 Å². The van der Waals surface area contributed by atoms with Crippen LogP contribution in [-0.2, 0) is 16.1 Å². The van der Waals surface area contributed by atoms with Crippen molar-refractivity contribution in [3.63, 3.8) is 0 Å². The molecule has 1 atom stereocenters. The molecule has 1 aliphatic rings. The van der Waals surface area contributed by atoms with E-state index in [1.807, 2.05) is 0 Å². The van der Waals surface area contributed by atoms with Gasteiger partial charge < -0.3 is 15.2 Å². The van der Waals surface area contributed by atoms with Crippen LogP contribution in [0.2, 0.25) is 0 Å². The fraction of sp³-hybridized carbons (Fsp3) is 0.444. The Hall–Kier alpha value is -1.85. The summed E-state index contributed by atoms with van der Waals surface area (Å²) in [4.78, 5) is 30.4. The number of aromatic nitrogens is 2. The van der Waals surface area contributed by atoms with Crippen LogP contribution in [0.25, 0.3) is 0 Å². The Labute approximate surface area is 86.7 Å². The van der Waals surface area contributed by atoms with Crippen LogP contribution in [0, 0.1) is 0 Å². The quantitative estimate of drug-likeness (QED) is 0.639. The van der Waals surface area contributed by atoms with Crippen molar-refractivity contribution in [2.24, 2.45) is 0 Å². The summed E-state index contributed by atoms with van der Waals surface area (Å²) in [7, 11) is 0. The minimum absolute atomic E-state index is 0.0308. The molecule has 0 saturated carbocycles. The Morgan fingerprint density at radius 3 is 3.27 bits per heavy atom. The molecule has 0 aromatic carbocycles. The second-order valence-electron chi connectivity index (χ2n) is 3.46. The highest BCUT2D eigenvalue weighted by molar-refractivity contribution is 5.85. The number of carbonyl (C=O) groups is 2. The van der Waals surface area contributed by atoms with Crippen molar-refractivity contribution in [2.45, 2.75) is 19.0 Å².